The number of thioether (sulfide) groups is 1. The van der Waals surface area contributed by atoms with E-state index in [9.17, 15) is 19.5 Å². The largest absolute Gasteiger partial charge is 0.545 e. The molecule has 0 radical (unpaired) electrons. The Labute approximate surface area is 108 Å². The third-order valence-corrected chi connectivity index (χ3v) is 3.98. The Balaban J connectivity index is 2.23. The zero-order chi connectivity index (χ0) is 13.3. The van der Waals surface area contributed by atoms with Crippen molar-refractivity contribution in [1.82, 2.24) is 4.90 Å². The average molecular weight is 264 g/mol. The summed E-state index contributed by atoms with van der Waals surface area (Å²) in [5.74, 6) is -1.83. The highest BCUT2D eigenvalue weighted by atomic mass is 32.2. The highest BCUT2D eigenvalue weighted by Gasteiger charge is 2.36. The molecule has 1 saturated heterocycles. The summed E-state index contributed by atoms with van der Waals surface area (Å²) >= 11 is 1.09. The fourth-order valence-corrected chi connectivity index (χ4v) is 2.93. The minimum absolute atomic E-state index is 0.0392. The van der Waals surface area contributed by atoms with E-state index in [1.165, 1.54) is 13.1 Å². The third kappa shape index (κ3) is 2.24. The molecule has 0 aromatic heterocycles. The van der Waals surface area contributed by atoms with E-state index >= 15 is 0 Å². The number of rotatable bonds is 3. The summed E-state index contributed by atoms with van der Waals surface area (Å²) in [6, 6.07) is 6.29. The second kappa shape index (κ2) is 4.81. The van der Waals surface area contributed by atoms with E-state index < -0.39 is 11.2 Å². The molecule has 0 aliphatic carbocycles. The molecule has 1 aromatic rings. The fraction of sp³-hybridized carbons (Fsp3) is 0.250. The number of benzene rings is 1. The van der Waals surface area contributed by atoms with Gasteiger partial charge in [0.05, 0.1) is 11.2 Å². The van der Waals surface area contributed by atoms with Crippen LogP contribution in [-0.2, 0) is 9.59 Å². The number of nitrogens with zero attached hydrogens (tertiary/aromatic N) is 1. The van der Waals surface area contributed by atoms with Crippen molar-refractivity contribution >= 4 is 29.5 Å². The molecular weight excluding hydrogens is 254 g/mol. The van der Waals surface area contributed by atoms with Gasteiger partial charge in [0.1, 0.15) is 0 Å². The molecule has 1 aliphatic rings. The molecule has 0 bridgehead atoms. The molecule has 1 fully saturated rings. The summed E-state index contributed by atoms with van der Waals surface area (Å²) in [6.07, 6.45) is 0.0986. The number of likely N-dealkylation sites (tertiary alicyclic amines) is 1. The predicted molar refractivity (Wildman–Crippen MR) is 62.8 cm³/mol. The highest BCUT2D eigenvalue weighted by Crippen LogP contribution is 2.32. The van der Waals surface area contributed by atoms with Crippen LogP contribution in [0.1, 0.15) is 16.8 Å². The van der Waals surface area contributed by atoms with Crippen LogP contribution >= 0.6 is 11.8 Å². The molecule has 2 rings (SSSR count). The molecule has 1 heterocycles. The molecule has 94 valence electrons. The predicted octanol–water partition coefficient (Wildman–Crippen LogP) is -0.101. The van der Waals surface area contributed by atoms with Gasteiger partial charge in [-0.15, -0.1) is 11.8 Å². The summed E-state index contributed by atoms with van der Waals surface area (Å²) in [5, 5.41) is 10.4. The molecule has 1 atom stereocenters. The molecule has 1 aliphatic heterocycles. The molecule has 1 aromatic carbocycles. The Hall–Kier alpha value is -1.82. The first kappa shape index (κ1) is 12.6. The van der Waals surface area contributed by atoms with Gasteiger partial charge < -0.3 is 9.90 Å². The van der Waals surface area contributed by atoms with Gasteiger partial charge in [0.15, 0.2) is 0 Å². The van der Waals surface area contributed by atoms with E-state index in [0.717, 1.165) is 16.7 Å². The van der Waals surface area contributed by atoms with Crippen molar-refractivity contribution in [1.29, 1.82) is 0 Å². The van der Waals surface area contributed by atoms with Crippen molar-refractivity contribution in [3.8, 4) is 0 Å². The van der Waals surface area contributed by atoms with Gasteiger partial charge in [-0.05, 0) is 6.07 Å². The lowest BCUT2D eigenvalue weighted by Gasteiger charge is -2.12. The van der Waals surface area contributed by atoms with Gasteiger partial charge in [-0.3, -0.25) is 14.5 Å². The average Bonchev–Trinajstić information content (AvgIpc) is 2.57. The number of carbonyl (C=O) groups is 3. The van der Waals surface area contributed by atoms with Crippen LogP contribution in [0.5, 0.6) is 0 Å². The molecule has 18 heavy (non-hydrogen) atoms. The summed E-state index contributed by atoms with van der Waals surface area (Å²) in [5.41, 5.74) is 0.0392. The Bertz CT molecular complexity index is 529. The zero-order valence-electron chi connectivity index (χ0n) is 9.58. The fourth-order valence-electron chi connectivity index (χ4n) is 1.71. The maximum absolute atomic E-state index is 11.7. The van der Waals surface area contributed by atoms with Crippen LogP contribution in [-0.4, -0.2) is 35.0 Å². The molecule has 0 saturated carbocycles. The van der Waals surface area contributed by atoms with Gasteiger partial charge >= 0.3 is 0 Å². The van der Waals surface area contributed by atoms with E-state index in [2.05, 4.69) is 0 Å². The zero-order valence-corrected chi connectivity index (χ0v) is 10.4. The molecule has 2 amide bonds. The van der Waals surface area contributed by atoms with Crippen LogP contribution in [0.3, 0.4) is 0 Å². The lowest BCUT2D eigenvalue weighted by atomic mass is 10.2. The monoisotopic (exact) mass is 264 g/mol. The maximum Gasteiger partial charge on any atom is 0.242 e. The van der Waals surface area contributed by atoms with Gasteiger partial charge in [-0.25, -0.2) is 0 Å². The van der Waals surface area contributed by atoms with Crippen LogP contribution in [0.25, 0.3) is 0 Å². The van der Waals surface area contributed by atoms with Crippen LogP contribution < -0.4 is 5.11 Å². The number of hydrogen-bond acceptors (Lipinski definition) is 5. The van der Waals surface area contributed by atoms with Gasteiger partial charge in [0.25, 0.3) is 0 Å². The Kier molecular flexibility index (Phi) is 3.38. The van der Waals surface area contributed by atoms with Crippen LogP contribution in [0, 0.1) is 0 Å². The first-order valence-corrected chi connectivity index (χ1v) is 6.16. The second-order valence-corrected chi connectivity index (χ2v) is 5.13. The van der Waals surface area contributed by atoms with Crippen molar-refractivity contribution in [2.45, 2.75) is 16.6 Å². The lowest BCUT2D eigenvalue weighted by Crippen LogP contribution is -2.27. The Morgan fingerprint density at radius 3 is 2.61 bits per heavy atom. The number of amides is 2. The number of imide groups is 1. The van der Waals surface area contributed by atoms with Crippen molar-refractivity contribution in [3.05, 3.63) is 29.8 Å². The molecule has 0 unspecified atom stereocenters. The van der Waals surface area contributed by atoms with Crippen molar-refractivity contribution in [3.63, 3.8) is 0 Å². The van der Waals surface area contributed by atoms with Crippen molar-refractivity contribution in [2.75, 3.05) is 7.05 Å². The van der Waals surface area contributed by atoms with Crippen LogP contribution in [0.2, 0.25) is 0 Å². The molecule has 0 N–H and O–H groups in total. The number of aromatic carboxylic acids is 1. The summed E-state index contributed by atoms with van der Waals surface area (Å²) < 4.78 is 0. The first-order chi connectivity index (χ1) is 8.50. The molecule has 5 nitrogen and oxygen atoms in total. The van der Waals surface area contributed by atoms with Crippen molar-refractivity contribution in [2.24, 2.45) is 0 Å². The van der Waals surface area contributed by atoms with Gasteiger partial charge in [0, 0.05) is 23.9 Å². The summed E-state index contributed by atoms with van der Waals surface area (Å²) in [4.78, 5) is 35.5. The van der Waals surface area contributed by atoms with Crippen LogP contribution in [0.15, 0.2) is 29.2 Å². The number of carboxylic acids is 1. The molecular formula is C12H10NO4S-. The normalized spacial score (nSPS) is 19.4. The number of carboxylic acid groups (broad SMARTS) is 1. The summed E-state index contributed by atoms with van der Waals surface area (Å²) in [7, 11) is 1.43. The van der Waals surface area contributed by atoms with Gasteiger partial charge in [-0.1, -0.05) is 18.2 Å². The standard InChI is InChI=1S/C12H11NO4S/c1-13-10(14)6-9(11(13)15)18-8-5-3-2-4-7(8)12(16)17/h2-5,9H,6H2,1H3,(H,16,17)/p-1/t9-/m0/s1. The van der Waals surface area contributed by atoms with E-state index in [-0.39, 0.29) is 23.8 Å². The topological polar surface area (TPSA) is 77.5 Å². The SMILES string of the molecule is CN1C(=O)C[C@H](Sc2ccccc2C(=O)[O-])C1=O. The van der Waals surface area contributed by atoms with Gasteiger partial charge in [-0.2, -0.15) is 0 Å². The molecule has 0 spiro atoms. The quantitative estimate of drug-likeness (QED) is 0.712. The minimum Gasteiger partial charge on any atom is -0.545 e. The number of carbonyl (C=O) groups excluding carboxylic acids is 3. The van der Waals surface area contributed by atoms with E-state index in [4.69, 9.17) is 0 Å². The lowest BCUT2D eigenvalue weighted by molar-refractivity contribution is -0.255. The second-order valence-electron chi connectivity index (χ2n) is 3.89. The Morgan fingerprint density at radius 2 is 2.06 bits per heavy atom. The van der Waals surface area contributed by atoms with Crippen LogP contribution in [0.4, 0.5) is 0 Å². The first-order valence-electron chi connectivity index (χ1n) is 5.28. The van der Waals surface area contributed by atoms with E-state index in [0.29, 0.717) is 4.90 Å². The minimum atomic E-state index is -1.29. The number of hydrogen-bond donors (Lipinski definition) is 0. The Morgan fingerprint density at radius 1 is 1.39 bits per heavy atom. The van der Waals surface area contributed by atoms with E-state index in [1.807, 2.05) is 0 Å². The maximum atomic E-state index is 11.7. The molecule has 6 heteroatoms. The third-order valence-electron chi connectivity index (χ3n) is 2.72. The smallest absolute Gasteiger partial charge is 0.242 e. The van der Waals surface area contributed by atoms with Crippen molar-refractivity contribution < 1.29 is 19.5 Å². The highest BCUT2D eigenvalue weighted by molar-refractivity contribution is 8.00. The van der Waals surface area contributed by atoms with E-state index in [1.54, 1.807) is 18.2 Å². The van der Waals surface area contributed by atoms with Gasteiger partial charge in [0.2, 0.25) is 11.8 Å². The summed E-state index contributed by atoms with van der Waals surface area (Å²) in [6.45, 7) is 0.